The fourth-order valence-corrected chi connectivity index (χ4v) is 2.37. The van der Waals surface area contributed by atoms with Gasteiger partial charge in [0.05, 0.1) is 0 Å². The van der Waals surface area contributed by atoms with Crippen LogP contribution >= 0.6 is 34.8 Å². The number of thiocarbonyl (C=S) groups is 1. The molecule has 0 saturated heterocycles. The fourth-order valence-electron chi connectivity index (χ4n) is 1.77. The largest absolute Gasteiger partial charge is 0.362 e. The van der Waals surface area contributed by atoms with Gasteiger partial charge < -0.3 is 10.6 Å². The average Bonchev–Trinajstić information content (AvgIpc) is 2.43. The zero-order valence-corrected chi connectivity index (χ0v) is 14.7. The van der Waals surface area contributed by atoms with Crippen LogP contribution in [-0.4, -0.2) is 15.4 Å². The molecule has 0 spiro atoms. The fraction of sp³-hybridized carbons (Fsp3) is 0.467. The number of halogens is 1. The first-order chi connectivity index (χ1) is 9.61. The lowest BCUT2D eigenvalue weighted by atomic mass is 10.1. The smallest absolute Gasteiger partial charge is 0.192 e. The molecule has 1 aromatic rings. The molecule has 0 aliphatic heterocycles. The summed E-state index contributed by atoms with van der Waals surface area (Å²) in [6, 6.07) is 8.29. The van der Waals surface area contributed by atoms with Crippen LogP contribution < -0.4 is 10.6 Å². The minimum Gasteiger partial charge on any atom is -0.362 e. The maximum atomic E-state index is 10.8. The molecule has 3 nitrogen and oxygen atoms in total. The molecule has 0 bridgehead atoms. The second-order valence-electron chi connectivity index (χ2n) is 4.60. The molecule has 0 saturated carbocycles. The van der Waals surface area contributed by atoms with Gasteiger partial charge in [-0.05, 0) is 71.8 Å². The van der Waals surface area contributed by atoms with E-state index in [2.05, 4.69) is 29.7 Å². The van der Waals surface area contributed by atoms with Crippen molar-refractivity contribution in [1.82, 2.24) is 5.32 Å². The topological polar surface area (TPSA) is 41.1 Å². The van der Waals surface area contributed by atoms with Gasteiger partial charge in [0.25, 0.3) is 0 Å². The highest BCUT2D eigenvalue weighted by Gasteiger charge is 1.98. The third-order valence-corrected chi connectivity index (χ3v) is 3.74. The van der Waals surface area contributed by atoms with E-state index in [0.29, 0.717) is 11.5 Å². The van der Waals surface area contributed by atoms with Gasteiger partial charge in [-0.1, -0.05) is 25.5 Å². The molecule has 0 atom stereocenters. The molecule has 0 amide bonds. The van der Waals surface area contributed by atoms with Crippen LogP contribution in [0.5, 0.6) is 0 Å². The summed E-state index contributed by atoms with van der Waals surface area (Å²) in [7, 11) is 0. The first-order valence-electron chi connectivity index (χ1n) is 6.94. The molecule has 0 heterocycles. The van der Waals surface area contributed by atoms with Gasteiger partial charge in [0, 0.05) is 18.7 Å². The van der Waals surface area contributed by atoms with Gasteiger partial charge >= 0.3 is 0 Å². The zero-order chi connectivity index (χ0) is 14.8. The van der Waals surface area contributed by atoms with Crippen molar-refractivity contribution in [2.24, 2.45) is 0 Å². The minimum absolute atomic E-state index is 0.239. The van der Waals surface area contributed by atoms with Crippen molar-refractivity contribution >= 4 is 49.4 Å². The Labute approximate surface area is 140 Å². The summed E-state index contributed by atoms with van der Waals surface area (Å²) in [6.07, 6.45) is 4.76. The van der Waals surface area contributed by atoms with Crippen LogP contribution in [0.2, 0.25) is 0 Å². The molecule has 110 valence electrons. The highest BCUT2D eigenvalue weighted by Crippen LogP contribution is 2.09. The van der Waals surface area contributed by atoms with Gasteiger partial charge in [-0.2, -0.15) is 0 Å². The number of carbonyl (C=O) groups is 1. The van der Waals surface area contributed by atoms with Crippen molar-refractivity contribution in [3.05, 3.63) is 29.8 Å². The third kappa shape index (κ3) is 7.79. The summed E-state index contributed by atoms with van der Waals surface area (Å²) >= 11 is 7.09. The normalized spacial score (nSPS) is 10.1. The highest BCUT2D eigenvalue weighted by atomic mass is 127. The maximum absolute atomic E-state index is 10.8. The predicted octanol–water partition coefficient (Wildman–Crippen LogP) is 4.06. The second kappa shape index (κ2) is 10.1. The zero-order valence-electron chi connectivity index (χ0n) is 11.7. The number of benzene rings is 1. The Morgan fingerprint density at radius 2 is 1.90 bits per heavy atom. The Morgan fingerprint density at radius 1 is 1.20 bits per heavy atom. The molecule has 1 aromatic carbocycles. The van der Waals surface area contributed by atoms with Crippen LogP contribution in [0.3, 0.4) is 0 Å². The van der Waals surface area contributed by atoms with E-state index in [-0.39, 0.29) is 3.79 Å². The molecule has 5 heteroatoms. The predicted molar refractivity (Wildman–Crippen MR) is 97.5 cm³/mol. The molecule has 0 unspecified atom stereocenters. The van der Waals surface area contributed by atoms with Crippen molar-refractivity contribution in [3.8, 4) is 0 Å². The second-order valence-corrected chi connectivity index (χ2v) is 6.21. The van der Waals surface area contributed by atoms with Crippen molar-refractivity contribution < 1.29 is 4.79 Å². The molecule has 1 rings (SSSR count). The van der Waals surface area contributed by atoms with Gasteiger partial charge in [0.15, 0.2) is 8.90 Å². The Balaban J connectivity index is 2.15. The molecular formula is C15H21IN2OS. The number of rotatable bonds is 8. The van der Waals surface area contributed by atoms with Gasteiger partial charge in [-0.3, -0.25) is 4.79 Å². The lowest BCUT2D eigenvalue weighted by molar-refractivity contribution is -0.109. The molecule has 20 heavy (non-hydrogen) atoms. The summed E-state index contributed by atoms with van der Waals surface area (Å²) in [5.74, 6) is 0. The van der Waals surface area contributed by atoms with Gasteiger partial charge in [-0.25, -0.2) is 0 Å². The van der Waals surface area contributed by atoms with E-state index < -0.39 is 0 Å². The van der Waals surface area contributed by atoms with Crippen molar-refractivity contribution in [2.75, 3.05) is 11.9 Å². The van der Waals surface area contributed by atoms with E-state index in [0.717, 1.165) is 37.9 Å². The van der Waals surface area contributed by atoms with Gasteiger partial charge in [-0.15, -0.1) is 0 Å². The molecule has 0 aromatic heterocycles. The molecule has 0 fully saturated rings. The number of carbonyl (C=O) groups excluding carboxylic acids is 1. The quantitative estimate of drug-likeness (QED) is 0.297. The van der Waals surface area contributed by atoms with E-state index in [1.807, 2.05) is 34.7 Å². The third-order valence-electron chi connectivity index (χ3n) is 2.96. The van der Waals surface area contributed by atoms with Gasteiger partial charge in [0.2, 0.25) is 0 Å². The number of hydrogen-bond donors (Lipinski definition) is 2. The van der Waals surface area contributed by atoms with Crippen molar-refractivity contribution in [3.63, 3.8) is 0 Å². The highest BCUT2D eigenvalue weighted by molar-refractivity contribution is 14.1. The van der Waals surface area contributed by atoms with E-state index in [9.17, 15) is 4.79 Å². The number of unbranched alkanes of at least 4 members (excludes halogenated alkanes) is 2. The van der Waals surface area contributed by atoms with Crippen LogP contribution in [0, 0.1) is 0 Å². The van der Waals surface area contributed by atoms with E-state index in [1.54, 1.807) is 0 Å². The number of anilines is 1. The molecule has 0 radical (unpaired) electrons. The van der Waals surface area contributed by atoms with E-state index in [4.69, 9.17) is 12.2 Å². The lowest BCUT2D eigenvalue weighted by Crippen LogP contribution is -2.29. The van der Waals surface area contributed by atoms with E-state index >= 15 is 0 Å². The molecule has 0 aliphatic rings. The first kappa shape index (κ1) is 17.4. The Morgan fingerprint density at radius 3 is 2.50 bits per heavy atom. The summed E-state index contributed by atoms with van der Waals surface area (Å²) in [5.41, 5.74) is 2.33. The van der Waals surface area contributed by atoms with Crippen molar-refractivity contribution in [1.29, 1.82) is 0 Å². The number of nitrogens with one attached hydrogen (secondary N) is 2. The van der Waals surface area contributed by atoms with Crippen LogP contribution in [0.15, 0.2) is 24.3 Å². The molecule has 2 N–H and O–H groups in total. The SMILES string of the molecule is CCc1ccc(NC(=S)NCCCCCC(=O)I)cc1. The monoisotopic (exact) mass is 404 g/mol. The summed E-state index contributed by atoms with van der Waals surface area (Å²) in [4.78, 5) is 10.8. The van der Waals surface area contributed by atoms with Crippen LogP contribution in [-0.2, 0) is 11.2 Å². The van der Waals surface area contributed by atoms with Crippen LogP contribution in [0.4, 0.5) is 5.69 Å². The Kier molecular flexibility index (Phi) is 8.77. The van der Waals surface area contributed by atoms with E-state index in [1.165, 1.54) is 5.56 Å². The Bertz CT molecular complexity index is 434. The van der Waals surface area contributed by atoms with Crippen molar-refractivity contribution in [2.45, 2.75) is 39.0 Å². The summed E-state index contributed by atoms with van der Waals surface area (Å²) in [5, 5.41) is 7.00. The van der Waals surface area contributed by atoms with Gasteiger partial charge in [0.1, 0.15) is 0 Å². The minimum atomic E-state index is 0.239. The van der Waals surface area contributed by atoms with Crippen LogP contribution in [0.1, 0.15) is 38.2 Å². The Hall–Kier alpha value is -0.690. The lowest BCUT2D eigenvalue weighted by Gasteiger charge is -2.10. The molecular weight excluding hydrogens is 383 g/mol. The standard InChI is InChI=1S/C15H21IN2OS/c1-2-12-7-9-13(10-8-12)18-15(20)17-11-5-3-4-6-14(16)19/h7-10H,2-6,11H2,1H3,(H2,17,18,20). The maximum Gasteiger partial charge on any atom is 0.192 e. The molecule has 0 aliphatic carbocycles. The number of hydrogen-bond acceptors (Lipinski definition) is 2. The first-order valence-corrected chi connectivity index (χ1v) is 8.42. The average molecular weight is 404 g/mol. The van der Waals surface area contributed by atoms with Crippen LogP contribution in [0.25, 0.3) is 0 Å². The number of aryl methyl sites for hydroxylation is 1. The summed E-state index contributed by atoms with van der Waals surface area (Å²) < 4.78 is 0.239. The summed E-state index contributed by atoms with van der Waals surface area (Å²) in [6.45, 7) is 2.98.